The molecule has 0 bridgehead atoms. The molecule has 2 aliphatic rings. The number of amides is 2. The molecular weight excluding hydrogens is 330 g/mol. The highest BCUT2D eigenvalue weighted by atomic mass is 32.2. The van der Waals surface area contributed by atoms with Gasteiger partial charge in [0.25, 0.3) is 5.91 Å². The lowest BCUT2D eigenvalue weighted by Gasteiger charge is -2.24. The van der Waals surface area contributed by atoms with E-state index in [2.05, 4.69) is 10.9 Å². The van der Waals surface area contributed by atoms with E-state index in [1.54, 1.807) is 0 Å². The van der Waals surface area contributed by atoms with E-state index in [1.807, 2.05) is 0 Å². The Morgan fingerprint density at radius 3 is 2.12 bits per heavy atom. The normalized spacial score (nSPS) is 18.8. The van der Waals surface area contributed by atoms with Crippen LogP contribution < -0.4 is 10.9 Å². The van der Waals surface area contributed by atoms with Crippen LogP contribution in [0, 0.1) is 5.92 Å². The molecule has 1 aliphatic heterocycles. The minimum Gasteiger partial charge on any atom is -0.273 e. The molecule has 2 amide bonds. The summed E-state index contributed by atoms with van der Waals surface area (Å²) in [5, 5.41) is 0. The van der Waals surface area contributed by atoms with Crippen molar-refractivity contribution < 1.29 is 18.0 Å². The molecule has 0 spiro atoms. The van der Waals surface area contributed by atoms with Gasteiger partial charge in [-0.1, -0.05) is 6.42 Å². The maximum Gasteiger partial charge on any atom is 0.269 e. The van der Waals surface area contributed by atoms with Crippen molar-refractivity contribution in [3.8, 4) is 0 Å². The van der Waals surface area contributed by atoms with E-state index in [-0.39, 0.29) is 16.7 Å². The molecule has 1 saturated heterocycles. The molecule has 1 aromatic carbocycles. The summed E-state index contributed by atoms with van der Waals surface area (Å²) in [6.07, 6.45) is 4.50. The smallest absolute Gasteiger partial charge is 0.269 e. The lowest BCUT2D eigenvalue weighted by molar-refractivity contribution is -0.128. The van der Waals surface area contributed by atoms with Crippen LogP contribution in [0.2, 0.25) is 0 Å². The summed E-state index contributed by atoms with van der Waals surface area (Å²) in [4.78, 5) is 23.9. The van der Waals surface area contributed by atoms with Crippen molar-refractivity contribution in [1.29, 1.82) is 0 Å². The lowest BCUT2D eigenvalue weighted by atomic mass is 9.85. The number of hydrogen-bond acceptors (Lipinski definition) is 4. The van der Waals surface area contributed by atoms with Gasteiger partial charge in [0.15, 0.2) is 0 Å². The SMILES string of the molecule is O=C(NNC(=O)C1CCC1)c1ccc(S(=O)(=O)N2CCCC2)cc1. The van der Waals surface area contributed by atoms with Crippen LogP contribution in [-0.4, -0.2) is 37.6 Å². The number of carbonyl (C=O) groups is 2. The number of carbonyl (C=O) groups excluding carboxylic acids is 2. The lowest BCUT2D eigenvalue weighted by Crippen LogP contribution is -2.46. The monoisotopic (exact) mass is 351 g/mol. The summed E-state index contributed by atoms with van der Waals surface area (Å²) in [6.45, 7) is 1.08. The molecule has 8 heteroatoms. The Labute approximate surface area is 141 Å². The average molecular weight is 351 g/mol. The van der Waals surface area contributed by atoms with Crippen LogP contribution in [0.15, 0.2) is 29.2 Å². The van der Waals surface area contributed by atoms with Crippen LogP contribution in [0.25, 0.3) is 0 Å². The van der Waals surface area contributed by atoms with Crippen molar-refractivity contribution in [2.24, 2.45) is 5.92 Å². The Hall–Kier alpha value is -1.93. The van der Waals surface area contributed by atoms with E-state index < -0.39 is 15.9 Å². The fourth-order valence-electron chi connectivity index (χ4n) is 2.82. The van der Waals surface area contributed by atoms with Gasteiger partial charge in [-0.2, -0.15) is 4.31 Å². The number of nitrogens with zero attached hydrogens (tertiary/aromatic N) is 1. The van der Waals surface area contributed by atoms with Gasteiger partial charge < -0.3 is 0 Å². The minimum absolute atomic E-state index is 0.0155. The van der Waals surface area contributed by atoms with Gasteiger partial charge >= 0.3 is 0 Å². The van der Waals surface area contributed by atoms with E-state index in [4.69, 9.17) is 0 Å². The van der Waals surface area contributed by atoms with Gasteiger partial charge in [0, 0.05) is 24.6 Å². The number of hydrogen-bond donors (Lipinski definition) is 2. The summed E-state index contributed by atoms with van der Waals surface area (Å²) in [6, 6.07) is 5.76. The maximum absolute atomic E-state index is 12.4. The zero-order chi connectivity index (χ0) is 17.2. The molecule has 24 heavy (non-hydrogen) atoms. The second kappa shape index (κ2) is 6.90. The Morgan fingerprint density at radius 1 is 0.958 bits per heavy atom. The first-order chi connectivity index (χ1) is 11.5. The maximum atomic E-state index is 12.4. The second-order valence-corrected chi connectivity index (χ2v) is 8.14. The standard InChI is InChI=1S/C16H21N3O4S/c20-15(12-4-3-5-12)17-18-16(21)13-6-8-14(9-7-13)24(22,23)19-10-1-2-11-19/h6-9,12H,1-5,10-11H2,(H,17,20)(H,18,21). The molecule has 1 aliphatic carbocycles. The van der Waals surface area contributed by atoms with Gasteiger partial charge in [-0.3, -0.25) is 20.4 Å². The topological polar surface area (TPSA) is 95.6 Å². The Bertz CT molecular complexity index is 720. The van der Waals surface area contributed by atoms with Gasteiger partial charge in [-0.05, 0) is 49.9 Å². The largest absolute Gasteiger partial charge is 0.273 e. The Morgan fingerprint density at radius 2 is 1.58 bits per heavy atom. The first-order valence-corrected chi connectivity index (χ1v) is 9.63. The third-order valence-electron chi connectivity index (χ3n) is 4.59. The summed E-state index contributed by atoms with van der Waals surface area (Å²) in [5.74, 6) is -0.658. The third kappa shape index (κ3) is 3.44. The van der Waals surface area contributed by atoms with Gasteiger partial charge in [-0.15, -0.1) is 0 Å². The van der Waals surface area contributed by atoms with Crippen molar-refractivity contribution in [2.75, 3.05) is 13.1 Å². The highest BCUT2D eigenvalue weighted by Crippen LogP contribution is 2.26. The van der Waals surface area contributed by atoms with Crippen molar-refractivity contribution in [3.63, 3.8) is 0 Å². The highest BCUT2D eigenvalue weighted by Gasteiger charge is 2.27. The molecule has 2 N–H and O–H groups in total. The first kappa shape index (κ1) is 16.9. The molecule has 3 rings (SSSR count). The summed E-state index contributed by atoms with van der Waals surface area (Å²) < 4.78 is 26.3. The molecular formula is C16H21N3O4S. The van der Waals surface area contributed by atoms with Gasteiger partial charge in [0.05, 0.1) is 4.90 Å². The summed E-state index contributed by atoms with van der Waals surface area (Å²) in [7, 11) is -3.48. The predicted octanol–water partition coefficient (Wildman–Crippen LogP) is 1.03. The molecule has 1 saturated carbocycles. The van der Waals surface area contributed by atoms with E-state index in [9.17, 15) is 18.0 Å². The summed E-state index contributed by atoms with van der Waals surface area (Å²) in [5.41, 5.74) is 5.07. The number of sulfonamides is 1. The first-order valence-electron chi connectivity index (χ1n) is 8.19. The van der Waals surface area contributed by atoms with E-state index >= 15 is 0 Å². The fraction of sp³-hybridized carbons (Fsp3) is 0.500. The van der Waals surface area contributed by atoms with Crippen molar-refractivity contribution >= 4 is 21.8 Å². The van der Waals surface area contributed by atoms with Crippen LogP contribution in [0.3, 0.4) is 0 Å². The fourth-order valence-corrected chi connectivity index (χ4v) is 4.34. The van der Waals surface area contributed by atoms with Crippen LogP contribution in [0.4, 0.5) is 0 Å². The number of benzene rings is 1. The molecule has 0 unspecified atom stereocenters. The molecule has 0 atom stereocenters. The predicted molar refractivity (Wildman–Crippen MR) is 87.4 cm³/mol. The van der Waals surface area contributed by atoms with Gasteiger partial charge in [0.2, 0.25) is 15.9 Å². The third-order valence-corrected chi connectivity index (χ3v) is 6.51. The van der Waals surface area contributed by atoms with Crippen LogP contribution >= 0.6 is 0 Å². The molecule has 0 radical (unpaired) electrons. The zero-order valence-electron chi connectivity index (χ0n) is 13.3. The van der Waals surface area contributed by atoms with Crippen molar-refractivity contribution in [1.82, 2.24) is 15.2 Å². The van der Waals surface area contributed by atoms with Gasteiger partial charge in [-0.25, -0.2) is 8.42 Å². The Kier molecular flexibility index (Phi) is 4.86. The second-order valence-electron chi connectivity index (χ2n) is 6.21. The van der Waals surface area contributed by atoms with E-state index in [0.717, 1.165) is 32.1 Å². The molecule has 0 aromatic heterocycles. The molecule has 1 heterocycles. The minimum atomic E-state index is -3.48. The number of nitrogens with one attached hydrogen (secondary N) is 2. The highest BCUT2D eigenvalue weighted by molar-refractivity contribution is 7.89. The van der Waals surface area contributed by atoms with Gasteiger partial charge in [0.1, 0.15) is 0 Å². The molecule has 1 aromatic rings. The van der Waals surface area contributed by atoms with Crippen LogP contribution in [-0.2, 0) is 14.8 Å². The molecule has 130 valence electrons. The summed E-state index contributed by atoms with van der Waals surface area (Å²) >= 11 is 0. The van der Waals surface area contributed by atoms with E-state index in [0.29, 0.717) is 18.7 Å². The van der Waals surface area contributed by atoms with E-state index in [1.165, 1.54) is 28.6 Å². The zero-order valence-corrected chi connectivity index (χ0v) is 14.1. The van der Waals surface area contributed by atoms with Crippen molar-refractivity contribution in [3.05, 3.63) is 29.8 Å². The average Bonchev–Trinajstić information content (AvgIpc) is 3.06. The van der Waals surface area contributed by atoms with Crippen LogP contribution in [0.1, 0.15) is 42.5 Å². The Balaban J connectivity index is 1.61. The molecule has 7 nitrogen and oxygen atoms in total. The quantitative estimate of drug-likeness (QED) is 0.792. The van der Waals surface area contributed by atoms with Crippen molar-refractivity contribution in [2.45, 2.75) is 37.0 Å². The number of hydrazine groups is 1. The number of rotatable bonds is 4. The van der Waals surface area contributed by atoms with Crippen LogP contribution in [0.5, 0.6) is 0 Å². The molecule has 2 fully saturated rings.